The smallest absolute Gasteiger partial charge is 0.0464 e. The van der Waals surface area contributed by atoms with Crippen molar-refractivity contribution in [1.82, 2.24) is 0 Å². The summed E-state index contributed by atoms with van der Waals surface area (Å²) in [6.07, 6.45) is 9.82. The summed E-state index contributed by atoms with van der Waals surface area (Å²) >= 11 is 0. The van der Waals surface area contributed by atoms with Gasteiger partial charge in [-0.15, -0.1) is 0 Å². The number of aryl methyl sites for hydroxylation is 3. The topological polar surface area (TPSA) is 13.0 Å². The molecule has 4 nitrogen and oxygen atoms in total. The Labute approximate surface area is 366 Å². The second-order valence-corrected chi connectivity index (χ2v) is 15.8. The minimum atomic E-state index is 0.735. The lowest BCUT2D eigenvalue weighted by molar-refractivity contribution is 1.08. The number of hydrogen-bond donors (Lipinski definition) is 0. The van der Waals surface area contributed by atoms with E-state index in [1.807, 2.05) is 0 Å². The molecule has 0 saturated carbocycles. The third kappa shape index (κ3) is 8.72. The van der Waals surface area contributed by atoms with Crippen LogP contribution in [0.3, 0.4) is 0 Å². The van der Waals surface area contributed by atoms with E-state index in [4.69, 9.17) is 0 Å². The lowest BCUT2D eigenvalue weighted by atomic mass is 10.1. The molecular weight excluding hydrogens is 753 g/mol. The molecule has 0 aliphatic heterocycles. The van der Waals surface area contributed by atoms with E-state index in [1.54, 1.807) is 0 Å². The number of hydrogen-bond acceptors (Lipinski definition) is 4. The van der Waals surface area contributed by atoms with Crippen LogP contribution >= 0.6 is 0 Å². The summed E-state index contributed by atoms with van der Waals surface area (Å²) < 4.78 is 0. The third-order valence-electron chi connectivity index (χ3n) is 11.2. The lowest BCUT2D eigenvalue weighted by Crippen LogP contribution is -2.17. The van der Waals surface area contributed by atoms with Crippen molar-refractivity contribution in [2.75, 3.05) is 19.6 Å². The van der Waals surface area contributed by atoms with E-state index in [2.05, 4.69) is 277 Å². The van der Waals surface area contributed by atoms with Crippen LogP contribution in [0, 0.1) is 20.8 Å². The van der Waals surface area contributed by atoms with E-state index in [9.17, 15) is 0 Å². The predicted octanol–water partition coefficient (Wildman–Crippen LogP) is 16.3. The van der Waals surface area contributed by atoms with Gasteiger partial charge in [0.25, 0.3) is 0 Å². The number of rotatable bonds is 12. The van der Waals surface area contributed by atoms with Crippen LogP contribution in [-0.4, -0.2) is 0 Å². The summed E-state index contributed by atoms with van der Waals surface area (Å²) in [7, 11) is 0. The SMILES string of the molecule is Cc1cccc(N(C2=CC=C(N(c3ccc(N(c4ccccc4)c4cccc(C)c4)cc3)c3ccc(N(c4ccccc4)c4cccc(C)c4)cc3)CC=C2)c2ccccc2)c1. The first-order valence-corrected chi connectivity index (χ1v) is 21.3. The Kier molecular flexibility index (Phi) is 11.6. The second-order valence-electron chi connectivity index (χ2n) is 15.8. The maximum absolute atomic E-state index is 2.40. The highest BCUT2D eigenvalue weighted by Crippen LogP contribution is 2.41. The molecule has 62 heavy (non-hydrogen) atoms. The first kappa shape index (κ1) is 39.6. The van der Waals surface area contributed by atoms with Gasteiger partial charge in [0.15, 0.2) is 0 Å². The summed E-state index contributed by atoms with van der Waals surface area (Å²) in [5, 5.41) is 0. The van der Waals surface area contributed by atoms with Crippen LogP contribution in [0.5, 0.6) is 0 Å². The quantitative estimate of drug-likeness (QED) is 0.122. The molecule has 0 atom stereocenters. The van der Waals surface area contributed by atoms with E-state index in [0.717, 1.165) is 74.7 Å². The molecule has 8 aromatic carbocycles. The zero-order valence-electron chi connectivity index (χ0n) is 35.5. The Morgan fingerprint density at radius 2 is 0.613 bits per heavy atom. The van der Waals surface area contributed by atoms with Gasteiger partial charge < -0.3 is 19.6 Å². The molecule has 302 valence electrons. The fourth-order valence-corrected chi connectivity index (χ4v) is 8.28. The number of nitrogens with zero attached hydrogens (tertiary/aromatic N) is 4. The Morgan fingerprint density at radius 3 is 1.00 bits per heavy atom. The van der Waals surface area contributed by atoms with Crippen molar-refractivity contribution in [3.05, 3.63) is 265 Å². The van der Waals surface area contributed by atoms with Gasteiger partial charge in [0.1, 0.15) is 0 Å². The van der Waals surface area contributed by atoms with Crippen molar-refractivity contribution >= 4 is 56.9 Å². The molecule has 1 aliphatic carbocycles. The van der Waals surface area contributed by atoms with Crippen molar-refractivity contribution in [3.63, 3.8) is 0 Å². The summed E-state index contributed by atoms with van der Waals surface area (Å²) in [5.74, 6) is 0. The van der Waals surface area contributed by atoms with Crippen LogP contribution in [-0.2, 0) is 0 Å². The predicted molar refractivity (Wildman–Crippen MR) is 264 cm³/mol. The number of para-hydroxylation sites is 3. The standard InChI is InChI=1S/C58H50N4/c1-44-17-13-28-56(41-44)60(47-20-7-4-8-21-47)51-27-16-26-50(31-32-51)59(52-33-37-54(38-34-52)61(48-22-9-5-10-23-48)57-29-14-18-45(2)42-57)53-35-39-55(40-36-53)62(49-24-11-6-12-25-49)58-30-15-19-46(3)43-58/h4-25,27-43H,26H2,1-3H3. The van der Waals surface area contributed by atoms with Crippen LogP contribution in [0.4, 0.5) is 56.9 Å². The van der Waals surface area contributed by atoms with Crippen molar-refractivity contribution in [3.8, 4) is 0 Å². The summed E-state index contributed by atoms with van der Waals surface area (Å²) in [4.78, 5) is 9.39. The normalized spacial score (nSPS) is 12.2. The van der Waals surface area contributed by atoms with Gasteiger partial charge in [-0.2, -0.15) is 0 Å². The molecule has 0 bridgehead atoms. The van der Waals surface area contributed by atoms with Crippen LogP contribution in [0.15, 0.2) is 248 Å². The second kappa shape index (κ2) is 18.2. The maximum atomic E-state index is 2.40. The molecule has 8 aromatic rings. The Balaban J connectivity index is 1.15. The van der Waals surface area contributed by atoms with Gasteiger partial charge in [-0.3, -0.25) is 0 Å². The number of allylic oxidation sites excluding steroid dienone is 4. The highest BCUT2D eigenvalue weighted by Gasteiger charge is 2.21. The molecule has 1 aliphatic rings. The average Bonchev–Trinajstić information content (AvgIpc) is 3.55. The summed E-state index contributed by atoms with van der Waals surface area (Å²) in [6.45, 7) is 6.44. The zero-order chi connectivity index (χ0) is 42.3. The molecule has 4 heteroatoms. The molecule has 0 amide bonds. The van der Waals surface area contributed by atoms with Crippen molar-refractivity contribution in [1.29, 1.82) is 0 Å². The van der Waals surface area contributed by atoms with E-state index < -0.39 is 0 Å². The fraction of sp³-hybridized carbons (Fsp3) is 0.0690. The van der Waals surface area contributed by atoms with Gasteiger partial charge in [-0.25, -0.2) is 0 Å². The first-order valence-electron chi connectivity index (χ1n) is 21.3. The van der Waals surface area contributed by atoms with Crippen molar-refractivity contribution < 1.29 is 0 Å². The molecule has 0 unspecified atom stereocenters. The molecule has 0 aromatic heterocycles. The lowest BCUT2D eigenvalue weighted by Gasteiger charge is -2.30. The van der Waals surface area contributed by atoms with Crippen LogP contribution in [0.2, 0.25) is 0 Å². The molecule has 9 rings (SSSR count). The van der Waals surface area contributed by atoms with Gasteiger partial charge in [0, 0.05) is 74.7 Å². The van der Waals surface area contributed by atoms with Crippen LogP contribution < -0.4 is 19.6 Å². The molecule has 0 fully saturated rings. The summed E-state index contributed by atoms with van der Waals surface area (Å²) in [6, 6.07) is 75.9. The largest absolute Gasteiger partial charge is 0.314 e. The fourth-order valence-electron chi connectivity index (χ4n) is 8.28. The van der Waals surface area contributed by atoms with Gasteiger partial charge in [0.05, 0.1) is 0 Å². The minimum Gasteiger partial charge on any atom is -0.314 e. The van der Waals surface area contributed by atoms with Gasteiger partial charge in [-0.05, 0) is 177 Å². The Morgan fingerprint density at radius 1 is 0.290 bits per heavy atom. The van der Waals surface area contributed by atoms with Crippen molar-refractivity contribution in [2.24, 2.45) is 0 Å². The van der Waals surface area contributed by atoms with Crippen LogP contribution in [0.25, 0.3) is 0 Å². The molecular formula is C58H50N4. The zero-order valence-corrected chi connectivity index (χ0v) is 35.5. The average molecular weight is 803 g/mol. The van der Waals surface area contributed by atoms with E-state index >= 15 is 0 Å². The molecule has 0 N–H and O–H groups in total. The Hall–Kier alpha value is -7.82. The number of benzene rings is 8. The molecule has 0 radical (unpaired) electrons. The van der Waals surface area contributed by atoms with Gasteiger partial charge >= 0.3 is 0 Å². The van der Waals surface area contributed by atoms with E-state index in [1.165, 1.54) is 16.7 Å². The monoisotopic (exact) mass is 802 g/mol. The van der Waals surface area contributed by atoms with E-state index in [-0.39, 0.29) is 0 Å². The minimum absolute atomic E-state index is 0.735. The van der Waals surface area contributed by atoms with Gasteiger partial charge in [-0.1, -0.05) is 97.1 Å². The molecule has 0 saturated heterocycles. The summed E-state index contributed by atoms with van der Waals surface area (Å²) in [5.41, 5.74) is 17.0. The van der Waals surface area contributed by atoms with Gasteiger partial charge in [0.2, 0.25) is 0 Å². The van der Waals surface area contributed by atoms with E-state index in [0.29, 0.717) is 0 Å². The molecule has 0 spiro atoms. The first-order chi connectivity index (χ1) is 30.5. The third-order valence-corrected chi connectivity index (χ3v) is 11.2. The maximum Gasteiger partial charge on any atom is 0.0464 e. The Bertz CT molecular complexity index is 2710. The molecule has 0 heterocycles. The van der Waals surface area contributed by atoms with Crippen molar-refractivity contribution in [2.45, 2.75) is 27.2 Å². The highest BCUT2D eigenvalue weighted by atomic mass is 15.2. The van der Waals surface area contributed by atoms with Crippen LogP contribution in [0.1, 0.15) is 23.1 Å². The highest BCUT2D eigenvalue weighted by molar-refractivity contribution is 5.82. The number of anilines is 10.